The van der Waals surface area contributed by atoms with Crippen LogP contribution in [0.2, 0.25) is 0 Å². The SMILES string of the molecule is C=CCc1ccccc1OCC(=O)N/N=C/c1ccc(OC(=O)c2ccc(Br)cc2)cc1. The fraction of sp³-hybridized carbons (Fsp3) is 0.0800. The van der Waals surface area contributed by atoms with Crippen molar-refractivity contribution in [1.82, 2.24) is 5.43 Å². The second kappa shape index (κ2) is 11.6. The van der Waals surface area contributed by atoms with Crippen LogP contribution in [0.5, 0.6) is 11.5 Å². The molecule has 0 unspecified atom stereocenters. The van der Waals surface area contributed by atoms with Gasteiger partial charge < -0.3 is 9.47 Å². The van der Waals surface area contributed by atoms with Gasteiger partial charge in [-0.3, -0.25) is 4.79 Å². The molecule has 1 amide bonds. The Morgan fingerprint density at radius 1 is 1.00 bits per heavy atom. The second-order valence-corrected chi connectivity index (χ2v) is 7.56. The molecule has 0 aliphatic carbocycles. The normalized spacial score (nSPS) is 10.5. The minimum atomic E-state index is -0.444. The molecule has 3 rings (SSSR count). The molecular weight excluding hydrogens is 472 g/mol. The van der Waals surface area contributed by atoms with Crippen LogP contribution in [0.15, 0.2) is 95.0 Å². The average molecular weight is 493 g/mol. The molecule has 0 atom stereocenters. The Morgan fingerprint density at radius 3 is 2.44 bits per heavy atom. The summed E-state index contributed by atoms with van der Waals surface area (Å²) in [5, 5.41) is 3.93. The number of allylic oxidation sites excluding steroid dienone is 1. The van der Waals surface area contributed by atoms with E-state index in [1.807, 2.05) is 18.2 Å². The van der Waals surface area contributed by atoms with E-state index in [2.05, 4.69) is 33.0 Å². The van der Waals surface area contributed by atoms with E-state index in [0.29, 0.717) is 23.5 Å². The number of halogens is 1. The van der Waals surface area contributed by atoms with Gasteiger partial charge >= 0.3 is 5.97 Å². The van der Waals surface area contributed by atoms with Crippen LogP contribution in [0, 0.1) is 0 Å². The molecule has 0 spiro atoms. The lowest BCUT2D eigenvalue weighted by atomic mass is 10.1. The van der Waals surface area contributed by atoms with Crippen LogP contribution in [0.3, 0.4) is 0 Å². The summed E-state index contributed by atoms with van der Waals surface area (Å²) < 4.78 is 11.8. The van der Waals surface area contributed by atoms with Gasteiger partial charge in [0, 0.05) is 4.47 Å². The third kappa shape index (κ3) is 6.92. The second-order valence-electron chi connectivity index (χ2n) is 6.65. The van der Waals surface area contributed by atoms with Gasteiger partial charge in [-0.1, -0.05) is 40.2 Å². The van der Waals surface area contributed by atoms with Gasteiger partial charge in [-0.15, -0.1) is 6.58 Å². The van der Waals surface area contributed by atoms with Crippen molar-refractivity contribution in [2.24, 2.45) is 5.10 Å². The Hall–Kier alpha value is -3.71. The Labute approximate surface area is 194 Å². The molecular formula is C25H21BrN2O4. The highest BCUT2D eigenvalue weighted by atomic mass is 79.9. The number of ether oxygens (including phenoxy) is 2. The zero-order valence-electron chi connectivity index (χ0n) is 17.2. The largest absolute Gasteiger partial charge is 0.483 e. The van der Waals surface area contributed by atoms with Crippen LogP contribution in [-0.2, 0) is 11.2 Å². The minimum absolute atomic E-state index is 0.156. The lowest BCUT2D eigenvalue weighted by Gasteiger charge is -2.09. The number of nitrogens with zero attached hydrogens (tertiary/aromatic N) is 1. The van der Waals surface area contributed by atoms with E-state index in [-0.39, 0.29) is 12.5 Å². The number of para-hydroxylation sites is 1. The van der Waals surface area contributed by atoms with Gasteiger partial charge in [0.25, 0.3) is 5.91 Å². The predicted molar refractivity (Wildman–Crippen MR) is 127 cm³/mol. The third-order valence-electron chi connectivity index (χ3n) is 4.27. The van der Waals surface area contributed by atoms with Crippen molar-refractivity contribution in [2.75, 3.05) is 6.61 Å². The molecule has 3 aromatic carbocycles. The van der Waals surface area contributed by atoms with Crippen LogP contribution in [0.4, 0.5) is 0 Å². The van der Waals surface area contributed by atoms with Crippen molar-refractivity contribution < 1.29 is 19.1 Å². The first-order valence-corrected chi connectivity index (χ1v) is 10.6. The van der Waals surface area contributed by atoms with E-state index >= 15 is 0 Å². The summed E-state index contributed by atoms with van der Waals surface area (Å²) in [6.07, 6.45) is 3.92. The van der Waals surface area contributed by atoms with Crippen molar-refractivity contribution >= 4 is 34.0 Å². The maximum atomic E-state index is 12.2. The van der Waals surface area contributed by atoms with Gasteiger partial charge in [0.2, 0.25) is 0 Å². The molecule has 162 valence electrons. The summed E-state index contributed by atoms with van der Waals surface area (Å²) in [5.74, 6) is 0.223. The van der Waals surface area contributed by atoms with Crippen molar-refractivity contribution in [1.29, 1.82) is 0 Å². The first-order valence-electron chi connectivity index (χ1n) is 9.76. The summed E-state index contributed by atoms with van der Waals surface area (Å²) in [5.41, 5.74) is 4.56. The molecule has 0 heterocycles. The minimum Gasteiger partial charge on any atom is -0.483 e. The number of nitrogens with one attached hydrogen (secondary N) is 1. The van der Waals surface area contributed by atoms with Crippen molar-refractivity contribution in [3.63, 3.8) is 0 Å². The molecule has 0 fully saturated rings. The van der Waals surface area contributed by atoms with E-state index in [1.165, 1.54) is 6.21 Å². The number of hydrogen-bond acceptors (Lipinski definition) is 5. The molecule has 6 nitrogen and oxygen atoms in total. The van der Waals surface area contributed by atoms with Crippen molar-refractivity contribution in [2.45, 2.75) is 6.42 Å². The highest BCUT2D eigenvalue weighted by Gasteiger charge is 2.08. The van der Waals surface area contributed by atoms with Gasteiger partial charge in [0.15, 0.2) is 6.61 Å². The van der Waals surface area contributed by atoms with Crippen LogP contribution in [0.1, 0.15) is 21.5 Å². The maximum Gasteiger partial charge on any atom is 0.343 e. The standard InChI is InChI=1S/C25H21BrN2O4/c1-2-5-19-6-3-4-7-23(19)31-17-24(29)28-27-16-18-8-14-22(15-9-18)32-25(30)20-10-12-21(26)13-11-20/h2-4,6-16H,1,5,17H2,(H,28,29)/b27-16+. The number of carbonyl (C=O) groups excluding carboxylic acids is 2. The van der Waals surface area contributed by atoms with Gasteiger partial charge in [-0.05, 0) is 72.1 Å². The monoisotopic (exact) mass is 492 g/mol. The smallest absolute Gasteiger partial charge is 0.343 e. The number of esters is 1. The summed E-state index contributed by atoms with van der Waals surface area (Å²) >= 11 is 3.33. The number of hydrazone groups is 1. The number of amides is 1. The first kappa shape index (κ1) is 23.0. The van der Waals surface area contributed by atoms with Crippen LogP contribution < -0.4 is 14.9 Å². The molecule has 0 radical (unpaired) electrons. The number of rotatable bonds is 9. The molecule has 1 N–H and O–H groups in total. The quantitative estimate of drug-likeness (QED) is 0.151. The zero-order chi connectivity index (χ0) is 22.8. The molecule has 3 aromatic rings. The molecule has 0 bridgehead atoms. The van der Waals surface area contributed by atoms with E-state index in [9.17, 15) is 9.59 Å². The fourth-order valence-electron chi connectivity index (χ4n) is 2.70. The zero-order valence-corrected chi connectivity index (χ0v) is 18.7. The summed E-state index contributed by atoms with van der Waals surface area (Å²) in [6, 6.07) is 21.1. The first-order chi connectivity index (χ1) is 15.5. The lowest BCUT2D eigenvalue weighted by molar-refractivity contribution is -0.123. The van der Waals surface area contributed by atoms with Crippen LogP contribution in [0.25, 0.3) is 0 Å². The number of benzene rings is 3. The Bertz CT molecular complexity index is 1110. The number of carbonyl (C=O) groups is 2. The maximum absolute atomic E-state index is 12.2. The highest BCUT2D eigenvalue weighted by Crippen LogP contribution is 2.18. The molecule has 0 saturated heterocycles. The fourth-order valence-corrected chi connectivity index (χ4v) is 2.96. The Morgan fingerprint density at radius 2 is 1.72 bits per heavy atom. The van der Waals surface area contributed by atoms with E-state index in [1.54, 1.807) is 60.7 Å². The van der Waals surface area contributed by atoms with E-state index in [0.717, 1.165) is 15.6 Å². The summed E-state index contributed by atoms with van der Waals surface area (Å²) in [6.45, 7) is 3.56. The molecule has 0 aliphatic rings. The summed E-state index contributed by atoms with van der Waals surface area (Å²) in [7, 11) is 0. The Kier molecular flexibility index (Phi) is 8.34. The number of hydrogen-bond donors (Lipinski definition) is 1. The predicted octanol–water partition coefficient (Wildman–Crippen LogP) is 4.93. The van der Waals surface area contributed by atoms with Crippen LogP contribution in [-0.4, -0.2) is 24.7 Å². The average Bonchev–Trinajstić information content (AvgIpc) is 2.80. The van der Waals surface area contributed by atoms with Gasteiger partial charge in [0.05, 0.1) is 11.8 Å². The highest BCUT2D eigenvalue weighted by molar-refractivity contribution is 9.10. The molecule has 0 aromatic heterocycles. The van der Waals surface area contributed by atoms with Crippen molar-refractivity contribution in [3.05, 3.63) is 107 Å². The molecule has 0 aliphatic heterocycles. The summed E-state index contributed by atoms with van der Waals surface area (Å²) in [4.78, 5) is 24.1. The topological polar surface area (TPSA) is 77.0 Å². The third-order valence-corrected chi connectivity index (χ3v) is 4.80. The van der Waals surface area contributed by atoms with E-state index < -0.39 is 5.97 Å². The molecule has 32 heavy (non-hydrogen) atoms. The van der Waals surface area contributed by atoms with Gasteiger partial charge in [0.1, 0.15) is 11.5 Å². The van der Waals surface area contributed by atoms with E-state index in [4.69, 9.17) is 9.47 Å². The van der Waals surface area contributed by atoms with Crippen LogP contribution >= 0.6 is 15.9 Å². The van der Waals surface area contributed by atoms with Crippen molar-refractivity contribution in [3.8, 4) is 11.5 Å². The molecule has 7 heteroatoms. The lowest BCUT2D eigenvalue weighted by Crippen LogP contribution is -2.24. The van der Waals surface area contributed by atoms with Gasteiger partial charge in [-0.2, -0.15) is 5.10 Å². The van der Waals surface area contributed by atoms with Gasteiger partial charge in [-0.25, -0.2) is 10.2 Å². The molecule has 0 saturated carbocycles. The Balaban J connectivity index is 1.47.